The lowest BCUT2D eigenvalue weighted by molar-refractivity contribution is -0.0760. The maximum absolute atomic E-state index is 10.3. The van der Waals surface area contributed by atoms with Gasteiger partial charge in [0, 0.05) is 25.2 Å². The van der Waals surface area contributed by atoms with E-state index >= 15 is 0 Å². The van der Waals surface area contributed by atoms with E-state index in [1.165, 1.54) is 32.1 Å². The molecule has 2 rings (SSSR count). The molecule has 19 heavy (non-hydrogen) atoms. The molecular weight excluding hydrogens is 236 g/mol. The normalized spacial score (nSPS) is 35.1. The van der Waals surface area contributed by atoms with Crippen LogP contribution in [0.15, 0.2) is 0 Å². The summed E-state index contributed by atoms with van der Waals surface area (Å²) in [6.07, 6.45) is 6.25. The smallest absolute Gasteiger partial charge is 0.0618 e. The molecule has 1 aliphatic carbocycles. The zero-order valence-electron chi connectivity index (χ0n) is 13.0. The minimum absolute atomic E-state index is 0.0303. The lowest BCUT2D eigenvalue weighted by atomic mass is 9.61. The van der Waals surface area contributed by atoms with Crippen LogP contribution in [0.5, 0.6) is 0 Å². The van der Waals surface area contributed by atoms with Crippen LogP contribution in [0.1, 0.15) is 52.9 Å². The van der Waals surface area contributed by atoms with Gasteiger partial charge in [-0.25, -0.2) is 0 Å². The quantitative estimate of drug-likeness (QED) is 0.806. The van der Waals surface area contributed by atoms with E-state index < -0.39 is 0 Å². The van der Waals surface area contributed by atoms with Gasteiger partial charge in [0.15, 0.2) is 0 Å². The highest BCUT2D eigenvalue weighted by Gasteiger charge is 2.49. The Hall–Kier alpha value is -0.120. The molecule has 1 heterocycles. The van der Waals surface area contributed by atoms with Crippen LogP contribution in [-0.2, 0) is 0 Å². The zero-order chi connectivity index (χ0) is 13.9. The molecule has 0 spiro atoms. The van der Waals surface area contributed by atoms with Gasteiger partial charge in [-0.2, -0.15) is 0 Å². The third kappa shape index (κ3) is 3.14. The van der Waals surface area contributed by atoms with E-state index in [4.69, 9.17) is 0 Å². The van der Waals surface area contributed by atoms with Gasteiger partial charge in [-0.1, -0.05) is 33.6 Å². The van der Waals surface area contributed by atoms with E-state index in [0.717, 1.165) is 26.2 Å². The molecule has 3 heteroatoms. The van der Waals surface area contributed by atoms with E-state index in [2.05, 4.69) is 31.0 Å². The Morgan fingerprint density at radius 1 is 1.16 bits per heavy atom. The van der Waals surface area contributed by atoms with Gasteiger partial charge < -0.3 is 10.4 Å². The molecule has 2 aliphatic rings. The largest absolute Gasteiger partial charge is 0.394 e. The third-order valence-electron chi connectivity index (χ3n) is 5.29. The molecule has 2 atom stereocenters. The first-order valence-corrected chi connectivity index (χ1v) is 8.07. The molecule has 0 amide bonds. The topological polar surface area (TPSA) is 35.5 Å². The van der Waals surface area contributed by atoms with Gasteiger partial charge in [0.1, 0.15) is 0 Å². The van der Waals surface area contributed by atoms with Gasteiger partial charge in [-0.05, 0) is 37.1 Å². The second kappa shape index (κ2) is 6.11. The summed E-state index contributed by atoms with van der Waals surface area (Å²) in [5, 5.41) is 13.7. The summed E-state index contributed by atoms with van der Waals surface area (Å²) in [4.78, 5) is 2.61. The van der Waals surface area contributed by atoms with E-state index in [1.807, 2.05) is 0 Å². The second-order valence-electron chi connectivity index (χ2n) is 7.52. The minimum Gasteiger partial charge on any atom is -0.394 e. The van der Waals surface area contributed by atoms with Crippen LogP contribution < -0.4 is 5.32 Å². The molecule has 3 nitrogen and oxygen atoms in total. The second-order valence-corrected chi connectivity index (χ2v) is 7.52. The summed E-state index contributed by atoms with van der Waals surface area (Å²) in [7, 11) is 0. The molecule has 1 saturated carbocycles. The van der Waals surface area contributed by atoms with E-state index in [0.29, 0.717) is 12.5 Å². The van der Waals surface area contributed by atoms with Crippen molar-refractivity contribution in [2.45, 2.75) is 58.4 Å². The molecule has 2 unspecified atom stereocenters. The number of hydrogen-bond donors (Lipinski definition) is 2. The van der Waals surface area contributed by atoms with E-state index in [9.17, 15) is 5.11 Å². The van der Waals surface area contributed by atoms with Crippen LogP contribution in [0, 0.1) is 11.3 Å². The summed E-state index contributed by atoms with van der Waals surface area (Å²) in [5.74, 6) is 0.608. The van der Waals surface area contributed by atoms with Crippen LogP contribution in [0.2, 0.25) is 0 Å². The molecule has 0 bridgehead atoms. The van der Waals surface area contributed by atoms with Gasteiger partial charge >= 0.3 is 0 Å². The number of nitrogens with one attached hydrogen (secondary N) is 1. The van der Waals surface area contributed by atoms with Crippen molar-refractivity contribution in [3.63, 3.8) is 0 Å². The Balaban J connectivity index is 2.25. The van der Waals surface area contributed by atoms with Gasteiger partial charge in [0.2, 0.25) is 0 Å². The van der Waals surface area contributed by atoms with Crippen molar-refractivity contribution in [1.82, 2.24) is 10.2 Å². The average molecular weight is 268 g/mol. The molecule has 0 aromatic rings. The van der Waals surface area contributed by atoms with Gasteiger partial charge in [-0.3, -0.25) is 4.90 Å². The predicted molar refractivity (Wildman–Crippen MR) is 80.3 cm³/mol. The lowest BCUT2D eigenvalue weighted by Gasteiger charge is -2.55. The highest BCUT2D eigenvalue weighted by atomic mass is 16.3. The maximum atomic E-state index is 10.3. The summed E-state index contributed by atoms with van der Waals surface area (Å²) in [6.45, 7) is 11.8. The van der Waals surface area contributed by atoms with E-state index in [1.54, 1.807) is 0 Å². The molecule has 2 fully saturated rings. The first kappa shape index (κ1) is 15.3. The minimum atomic E-state index is 0.0303. The number of hydrogen-bond acceptors (Lipinski definition) is 3. The van der Waals surface area contributed by atoms with Crippen molar-refractivity contribution in [2.24, 2.45) is 11.3 Å². The van der Waals surface area contributed by atoms with E-state index in [-0.39, 0.29) is 11.0 Å². The molecule has 1 saturated heterocycles. The molecule has 1 aliphatic heterocycles. The Kier molecular flexibility index (Phi) is 4.91. The summed E-state index contributed by atoms with van der Waals surface area (Å²) in [5.41, 5.74) is 0.311. The molecular formula is C16H32N2O. The number of aliphatic hydroxyl groups excluding tert-OH is 1. The Bertz CT molecular complexity index is 279. The van der Waals surface area contributed by atoms with Crippen molar-refractivity contribution in [3.05, 3.63) is 0 Å². The fraction of sp³-hybridized carbons (Fsp3) is 1.00. The monoisotopic (exact) mass is 268 g/mol. The molecule has 2 N–H and O–H groups in total. The first-order valence-electron chi connectivity index (χ1n) is 8.07. The predicted octanol–water partition coefficient (Wildman–Crippen LogP) is 2.25. The van der Waals surface area contributed by atoms with Gasteiger partial charge in [-0.15, -0.1) is 0 Å². The van der Waals surface area contributed by atoms with Crippen molar-refractivity contribution >= 4 is 0 Å². The van der Waals surface area contributed by atoms with Crippen LogP contribution in [0.4, 0.5) is 0 Å². The SMILES string of the molecule is CC(C)(C)C1CCCCC1(CO)N1CCCNCC1. The van der Waals surface area contributed by atoms with Gasteiger partial charge in [0.05, 0.1) is 6.61 Å². The highest BCUT2D eigenvalue weighted by Crippen LogP contribution is 2.47. The molecule has 0 aromatic carbocycles. The van der Waals surface area contributed by atoms with Crippen molar-refractivity contribution in [2.75, 3.05) is 32.8 Å². The summed E-state index contributed by atoms with van der Waals surface area (Å²) < 4.78 is 0. The van der Waals surface area contributed by atoms with Crippen LogP contribution in [-0.4, -0.2) is 48.3 Å². The van der Waals surface area contributed by atoms with Crippen LogP contribution in [0.25, 0.3) is 0 Å². The number of nitrogens with zero attached hydrogens (tertiary/aromatic N) is 1. The van der Waals surface area contributed by atoms with Crippen molar-refractivity contribution in [1.29, 1.82) is 0 Å². The highest BCUT2D eigenvalue weighted by molar-refractivity contribution is 5.03. The number of rotatable bonds is 2. The Morgan fingerprint density at radius 2 is 1.95 bits per heavy atom. The Morgan fingerprint density at radius 3 is 2.63 bits per heavy atom. The maximum Gasteiger partial charge on any atom is 0.0618 e. The van der Waals surface area contributed by atoms with Crippen LogP contribution >= 0.6 is 0 Å². The Labute approximate surface area is 118 Å². The average Bonchev–Trinajstić information content (AvgIpc) is 2.66. The van der Waals surface area contributed by atoms with Crippen molar-refractivity contribution in [3.8, 4) is 0 Å². The number of aliphatic hydroxyl groups is 1. The van der Waals surface area contributed by atoms with Gasteiger partial charge in [0.25, 0.3) is 0 Å². The lowest BCUT2D eigenvalue weighted by Crippen LogP contribution is -2.61. The fourth-order valence-corrected chi connectivity index (χ4v) is 4.42. The molecule has 0 aromatic heterocycles. The molecule has 112 valence electrons. The first-order chi connectivity index (χ1) is 9.00. The zero-order valence-corrected chi connectivity index (χ0v) is 13.0. The third-order valence-corrected chi connectivity index (χ3v) is 5.29. The van der Waals surface area contributed by atoms with Crippen LogP contribution in [0.3, 0.4) is 0 Å². The molecule has 0 radical (unpaired) electrons. The van der Waals surface area contributed by atoms with Crippen molar-refractivity contribution < 1.29 is 5.11 Å². The summed E-state index contributed by atoms with van der Waals surface area (Å²) >= 11 is 0. The summed E-state index contributed by atoms with van der Waals surface area (Å²) in [6, 6.07) is 0. The fourth-order valence-electron chi connectivity index (χ4n) is 4.42. The standard InChI is InChI=1S/C16H32N2O/c1-15(2,3)14-7-4-5-8-16(14,13-19)18-11-6-9-17-10-12-18/h14,17,19H,4-13H2,1-3H3.